The van der Waals surface area contributed by atoms with E-state index in [9.17, 15) is 0 Å². The molecule has 0 aromatic rings. The molecule has 2 atom stereocenters. The van der Waals surface area contributed by atoms with Crippen molar-refractivity contribution in [1.29, 1.82) is 0 Å². The van der Waals surface area contributed by atoms with Gasteiger partial charge >= 0.3 is 9.28 Å². The largest absolute Gasteiger partial charge is 0.400 e. The molecular weight excluding hydrogens is 196 g/mol. The minimum atomic E-state index is -1.34. The van der Waals surface area contributed by atoms with Gasteiger partial charge in [0.05, 0.1) is 0 Å². The molecule has 0 fully saturated rings. The van der Waals surface area contributed by atoms with E-state index in [1.807, 2.05) is 0 Å². The van der Waals surface area contributed by atoms with E-state index < -0.39 is 9.28 Å². The van der Waals surface area contributed by atoms with Gasteiger partial charge in [0, 0.05) is 14.2 Å². The summed E-state index contributed by atoms with van der Waals surface area (Å²) in [6.07, 6.45) is 1.16. The highest BCUT2D eigenvalue weighted by molar-refractivity contribution is 6.44. The summed E-state index contributed by atoms with van der Waals surface area (Å²) in [5.74, 6) is 1.27. The average molecular weight is 222 g/mol. The second-order valence-corrected chi connectivity index (χ2v) is 6.05. The van der Waals surface area contributed by atoms with Gasteiger partial charge in [-0.2, -0.15) is 0 Å². The fraction of sp³-hybridized carbons (Fsp3) is 1.00. The highest BCUT2D eigenvalue weighted by Gasteiger charge is 2.15. The minimum absolute atomic E-state index is 0. The number of hydrogen-bond acceptors (Lipinski definition) is 4. The molecule has 0 heterocycles. The van der Waals surface area contributed by atoms with Crippen LogP contribution in [0.15, 0.2) is 0 Å². The van der Waals surface area contributed by atoms with Crippen molar-refractivity contribution in [1.82, 2.24) is 6.15 Å². The van der Waals surface area contributed by atoms with Gasteiger partial charge in [-0.15, -0.1) is 0 Å². The van der Waals surface area contributed by atoms with Crippen LogP contribution in [-0.4, -0.2) is 30.0 Å². The lowest BCUT2D eigenvalue weighted by Gasteiger charge is -2.19. The summed E-state index contributed by atoms with van der Waals surface area (Å²) in [7, 11) is 2.13. The lowest BCUT2D eigenvalue weighted by Crippen LogP contribution is -2.23. The van der Waals surface area contributed by atoms with Crippen molar-refractivity contribution in [3.05, 3.63) is 0 Å². The third kappa shape index (κ3) is 6.50. The zero-order valence-electron chi connectivity index (χ0n) is 9.95. The monoisotopic (exact) mass is 222 g/mol. The molecule has 0 aromatic carbocycles. The molecule has 0 aliphatic carbocycles. The van der Waals surface area contributed by atoms with Gasteiger partial charge in [0.25, 0.3) is 0 Å². The second-order valence-electron chi connectivity index (χ2n) is 3.67. The third-order valence-corrected chi connectivity index (χ3v) is 4.58. The summed E-state index contributed by atoms with van der Waals surface area (Å²) < 4.78 is 10.5. The first kappa shape index (κ1) is 16.5. The molecule has 5 N–H and O–H groups in total. The van der Waals surface area contributed by atoms with Crippen molar-refractivity contribution in [3.8, 4) is 0 Å². The third-order valence-electron chi connectivity index (χ3n) is 2.73. The zero-order valence-corrected chi connectivity index (χ0v) is 11.1. The van der Waals surface area contributed by atoms with Gasteiger partial charge in [-0.05, 0) is 30.8 Å². The Labute approximate surface area is 89.6 Å². The summed E-state index contributed by atoms with van der Waals surface area (Å²) in [4.78, 5) is 0. The Bertz CT molecular complexity index is 123. The van der Waals surface area contributed by atoms with E-state index in [2.05, 4.69) is 13.8 Å². The van der Waals surface area contributed by atoms with Crippen LogP contribution < -0.4 is 11.9 Å². The van der Waals surface area contributed by atoms with Gasteiger partial charge in [0.2, 0.25) is 0 Å². The van der Waals surface area contributed by atoms with Crippen LogP contribution in [0.25, 0.3) is 0 Å². The van der Waals surface area contributed by atoms with Crippen LogP contribution in [0.2, 0.25) is 6.04 Å². The van der Waals surface area contributed by atoms with Gasteiger partial charge in [-0.25, -0.2) is 0 Å². The molecule has 5 heteroatoms. The highest BCUT2D eigenvalue weighted by atomic mass is 28.3. The van der Waals surface area contributed by atoms with Crippen LogP contribution in [0.4, 0.5) is 0 Å². The molecule has 0 aromatic heterocycles. The van der Waals surface area contributed by atoms with Crippen LogP contribution in [0.3, 0.4) is 0 Å². The van der Waals surface area contributed by atoms with Gasteiger partial charge in [-0.1, -0.05) is 13.8 Å². The van der Waals surface area contributed by atoms with Crippen LogP contribution in [-0.2, 0) is 8.85 Å². The van der Waals surface area contributed by atoms with Crippen LogP contribution in [0, 0.1) is 11.8 Å². The molecule has 0 aliphatic heterocycles. The van der Waals surface area contributed by atoms with Crippen molar-refractivity contribution < 1.29 is 8.85 Å². The maximum atomic E-state index is 5.59. The molecule has 0 saturated carbocycles. The molecule has 0 saturated heterocycles. The highest BCUT2D eigenvalue weighted by Crippen LogP contribution is 2.17. The van der Waals surface area contributed by atoms with Crippen molar-refractivity contribution in [2.24, 2.45) is 17.6 Å². The molecule has 0 bridgehead atoms. The fourth-order valence-electron chi connectivity index (χ4n) is 1.25. The predicted molar refractivity (Wildman–Crippen MR) is 63.0 cm³/mol. The van der Waals surface area contributed by atoms with E-state index in [1.165, 1.54) is 0 Å². The summed E-state index contributed by atoms with van der Waals surface area (Å²) in [5, 5.41) is 0. The van der Waals surface area contributed by atoms with E-state index in [-0.39, 0.29) is 6.15 Å². The van der Waals surface area contributed by atoms with Crippen molar-refractivity contribution >= 4 is 9.28 Å². The molecule has 2 unspecified atom stereocenters. The maximum absolute atomic E-state index is 5.59. The smallest absolute Gasteiger partial charge is 0.320 e. The fourth-order valence-corrected chi connectivity index (χ4v) is 2.71. The summed E-state index contributed by atoms with van der Waals surface area (Å²) in [6.45, 7) is 5.21. The average Bonchev–Trinajstić information content (AvgIpc) is 2.17. The first-order valence-corrected chi connectivity index (χ1v) is 6.67. The Morgan fingerprint density at radius 1 is 1.14 bits per heavy atom. The SMILES string of the molecule is CO[SiH](CCC(C)C(C)CN)OC.N. The molecule has 0 radical (unpaired) electrons. The molecule has 88 valence electrons. The van der Waals surface area contributed by atoms with E-state index >= 15 is 0 Å². The summed E-state index contributed by atoms with van der Waals surface area (Å²) in [5.41, 5.74) is 5.59. The molecule has 0 rings (SSSR count). The van der Waals surface area contributed by atoms with Crippen LogP contribution in [0.1, 0.15) is 20.3 Å². The number of rotatable bonds is 7. The first-order valence-electron chi connectivity index (χ1n) is 4.91. The van der Waals surface area contributed by atoms with E-state index in [0.717, 1.165) is 19.0 Å². The topological polar surface area (TPSA) is 79.5 Å². The number of hydrogen-bond donors (Lipinski definition) is 2. The molecule has 14 heavy (non-hydrogen) atoms. The molecular formula is C9H26N2O2Si. The number of nitrogens with two attached hydrogens (primary N) is 1. The lowest BCUT2D eigenvalue weighted by molar-refractivity contribution is 0.269. The van der Waals surface area contributed by atoms with Crippen molar-refractivity contribution in [3.63, 3.8) is 0 Å². The minimum Gasteiger partial charge on any atom is -0.400 e. The van der Waals surface area contributed by atoms with Crippen molar-refractivity contribution in [2.75, 3.05) is 20.8 Å². The molecule has 0 amide bonds. The predicted octanol–water partition coefficient (Wildman–Crippen LogP) is 1.28. The van der Waals surface area contributed by atoms with Gasteiger partial charge in [0.1, 0.15) is 0 Å². The Morgan fingerprint density at radius 2 is 1.64 bits per heavy atom. The van der Waals surface area contributed by atoms with Gasteiger partial charge in [-0.3, -0.25) is 0 Å². The lowest BCUT2D eigenvalue weighted by atomic mass is 9.94. The van der Waals surface area contributed by atoms with Crippen LogP contribution in [0.5, 0.6) is 0 Å². The Kier molecular flexibility index (Phi) is 11.3. The quantitative estimate of drug-likeness (QED) is 0.636. The Hall–Kier alpha value is 0.0569. The van der Waals surface area contributed by atoms with Gasteiger partial charge in [0.15, 0.2) is 0 Å². The molecule has 0 spiro atoms. The Morgan fingerprint density at radius 3 is 2.00 bits per heavy atom. The van der Waals surface area contributed by atoms with E-state index in [0.29, 0.717) is 11.8 Å². The second kappa shape index (κ2) is 9.61. The summed E-state index contributed by atoms with van der Waals surface area (Å²) >= 11 is 0. The summed E-state index contributed by atoms with van der Waals surface area (Å²) in [6, 6.07) is 1.08. The molecule has 4 nitrogen and oxygen atoms in total. The van der Waals surface area contributed by atoms with Crippen LogP contribution >= 0.6 is 0 Å². The normalized spacial score (nSPS) is 15.0. The van der Waals surface area contributed by atoms with E-state index in [1.54, 1.807) is 14.2 Å². The standard InChI is InChI=1S/C9H23NO2Si.H3N/c1-8(9(2)7-10)5-6-13(11-3)12-4;/h8-9,13H,5-7,10H2,1-4H3;1H3. The molecule has 0 aliphatic rings. The van der Waals surface area contributed by atoms with Gasteiger partial charge < -0.3 is 20.7 Å². The first-order chi connectivity index (χ1) is 6.15. The zero-order chi connectivity index (χ0) is 10.3. The van der Waals surface area contributed by atoms with Crippen molar-refractivity contribution in [2.45, 2.75) is 26.3 Å². The Balaban J connectivity index is 0. The van der Waals surface area contributed by atoms with E-state index in [4.69, 9.17) is 14.6 Å². The maximum Gasteiger partial charge on any atom is 0.320 e.